The number of aromatic nitrogens is 1. The Morgan fingerprint density at radius 3 is 2.85 bits per heavy atom. The lowest BCUT2D eigenvalue weighted by molar-refractivity contribution is 0.0487. The average Bonchev–Trinajstić information content (AvgIpc) is 2.67. The van der Waals surface area contributed by atoms with Crippen LogP contribution in [0.4, 0.5) is 5.69 Å². The molecule has 140 valence electrons. The smallest absolute Gasteiger partial charge is 0.341 e. The van der Waals surface area contributed by atoms with Crippen molar-refractivity contribution in [2.75, 3.05) is 38.8 Å². The van der Waals surface area contributed by atoms with E-state index < -0.39 is 0 Å². The molecule has 0 amide bonds. The average molecular weight is 358 g/mol. The third-order valence-electron chi connectivity index (χ3n) is 5.06. The van der Waals surface area contributed by atoms with E-state index in [0.29, 0.717) is 23.8 Å². The van der Waals surface area contributed by atoms with Crippen molar-refractivity contribution in [2.24, 2.45) is 5.92 Å². The van der Waals surface area contributed by atoms with Gasteiger partial charge in [-0.3, -0.25) is 4.98 Å². The zero-order chi connectivity index (χ0) is 18.7. The van der Waals surface area contributed by atoms with Gasteiger partial charge in [-0.15, -0.1) is 0 Å². The second-order valence-electron chi connectivity index (χ2n) is 6.58. The number of rotatable bonds is 5. The first-order valence-corrected chi connectivity index (χ1v) is 9.01. The van der Waals surface area contributed by atoms with Crippen LogP contribution in [0, 0.1) is 5.92 Å². The van der Waals surface area contributed by atoms with Crippen molar-refractivity contribution in [3.8, 4) is 5.75 Å². The number of anilines is 1. The van der Waals surface area contributed by atoms with Gasteiger partial charge in [0.25, 0.3) is 0 Å². The number of para-hydroxylation sites is 1. The highest BCUT2D eigenvalue weighted by Gasteiger charge is 2.30. The molecule has 1 aliphatic heterocycles. The van der Waals surface area contributed by atoms with Crippen LogP contribution in [-0.2, 0) is 9.47 Å². The molecule has 2 aromatic rings. The summed E-state index contributed by atoms with van der Waals surface area (Å²) in [6, 6.07) is 5.77. The van der Waals surface area contributed by atoms with Crippen molar-refractivity contribution in [1.29, 1.82) is 0 Å². The van der Waals surface area contributed by atoms with Crippen molar-refractivity contribution in [1.82, 2.24) is 4.98 Å². The van der Waals surface area contributed by atoms with Gasteiger partial charge in [0.15, 0.2) is 0 Å². The Bertz CT molecular complexity index is 793. The maximum Gasteiger partial charge on any atom is 0.341 e. The second-order valence-corrected chi connectivity index (χ2v) is 6.58. The number of piperidine rings is 1. The van der Waals surface area contributed by atoms with Gasteiger partial charge in [0.2, 0.25) is 0 Å². The third-order valence-corrected chi connectivity index (χ3v) is 5.06. The predicted molar refractivity (Wildman–Crippen MR) is 101 cm³/mol. The van der Waals surface area contributed by atoms with E-state index in [9.17, 15) is 4.79 Å². The number of methoxy groups -OCH3 is 2. The van der Waals surface area contributed by atoms with Crippen LogP contribution in [0.5, 0.6) is 5.75 Å². The fourth-order valence-corrected chi connectivity index (χ4v) is 3.59. The Morgan fingerprint density at radius 2 is 2.15 bits per heavy atom. The zero-order valence-corrected chi connectivity index (χ0v) is 15.8. The van der Waals surface area contributed by atoms with Gasteiger partial charge in [0, 0.05) is 31.8 Å². The molecule has 26 heavy (non-hydrogen) atoms. The van der Waals surface area contributed by atoms with E-state index in [2.05, 4.69) is 16.8 Å². The Kier molecular flexibility index (Phi) is 5.61. The molecule has 2 unspecified atom stereocenters. The zero-order valence-electron chi connectivity index (χ0n) is 15.8. The summed E-state index contributed by atoms with van der Waals surface area (Å²) in [5.74, 6) is 0.810. The number of carbonyl (C=O) groups is 1. The molecule has 1 saturated heterocycles. The topological polar surface area (TPSA) is 60.9 Å². The summed E-state index contributed by atoms with van der Waals surface area (Å²) in [7, 11) is 3.36. The van der Waals surface area contributed by atoms with Crippen molar-refractivity contribution < 1.29 is 19.0 Å². The molecule has 1 aromatic heterocycles. The monoisotopic (exact) mass is 358 g/mol. The summed E-state index contributed by atoms with van der Waals surface area (Å²) in [4.78, 5) is 19.3. The number of pyridine rings is 1. The van der Waals surface area contributed by atoms with Crippen LogP contribution in [-0.4, -0.2) is 51.0 Å². The van der Waals surface area contributed by atoms with E-state index in [1.54, 1.807) is 27.3 Å². The molecule has 2 atom stereocenters. The van der Waals surface area contributed by atoms with Gasteiger partial charge in [0.1, 0.15) is 16.8 Å². The van der Waals surface area contributed by atoms with Gasteiger partial charge in [-0.05, 0) is 25.3 Å². The number of fused-ring (bicyclic) bond motifs is 1. The molecule has 2 heterocycles. The minimum atomic E-state index is -0.354. The van der Waals surface area contributed by atoms with Gasteiger partial charge in [-0.25, -0.2) is 4.79 Å². The molecule has 0 aliphatic carbocycles. The molecule has 0 saturated carbocycles. The number of carbonyl (C=O) groups excluding carboxylic acids is 1. The van der Waals surface area contributed by atoms with Gasteiger partial charge in [-0.1, -0.05) is 19.1 Å². The lowest BCUT2D eigenvalue weighted by atomic mass is 9.94. The van der Waals surface area contributed by atoms with Crippen LogP contribution in [0.2, 0.25) is 0 Å². The SMILES string of the molecule is CCOC(=O)c1cnc2c(OC)cccc2c1N1CCC(C)C(OC)C1. The van der Waals surface area contributed by atoms with Crippen LogP contribution in [0.15, 0.2) is 24.4 Å². The Hall–Kier alpha value is -2.34. The molecule has 6 nitrogen and oxygen atoms in total. The lowest BCUT2D eigenvalue weighted by Crippen LogP contribution is -2.44. The van der Waals surface area contributed by atoms with E-state index in [1.165, 1.54) is 0 Å². The number of nitrogens with zero attached hydrogens (tertiary/aromatic N) is 2. The highest BCUT2D eigenvalue weighted by Crippen LogP contribution is 2.36. The number of ether oxygens (including phenoxy) is 3. The van der Waals surface area contributed by atoms with Crippen LogP contribution >= 0.6 is 0 Å². The molecule has 3 rings (SSSR count). The maximum absolute atomic E-state index is 12.6. The molecular formula is C20H26N2O4. The standard InChI is InChI=1S/C20H26N2O4/c1-5-26-20(23)15-11-21-18-14(7-6-8-16(18)24-3)19(15)22-10-9-13(2)17(12-22)25-4/h6-8,11,13,17H,5,9-10,12H2,1-4H3. The van der Waals surface area contributed by atoms with Crippen LogP contribution in [0.1, 0.15) is 30.6 Å². The van der Waals surface area contributed by atoms with Gasteiger partial charge >= 0.3 is 5.97 Å². The van der Waals surface area contributed by atoms with Crippen LogP contribution < -0.4 is 9.64 Å². The normalized spacial score (nSPS) is 20.2. The predicted octanol–water partition coefficient (Wildman–Crippen LogP) is 3.28. The first kappa shape index (κ1) is 18.5. The lowest BCUT2D eigenvalue weighted by Gasteiger charge is -2.38. The molecule has 6 heteroatoms. The van der Waals surface area contributed by atoms with E-state index in [0.717, 1.165) is 36.1 Å². The number of hydrogen-bond donors (Lipinski definition) is 0. The highest BCUT2D eigenvalue weighted by atomic mass is 16.5. The number of hydrogen-bond acceptors (Lipinski definition) is 6. The summed E-state index contributed by atoms with van der Waals surface area (Å²) >= 11 is 0. The van der Waals surface area contributed by atoms with Crippen LogP contribution in [0.25, 0.3) is 10.9 Å². The van der Waals surface area contributed by atoms with Crippen molar-refractivity contribution in [3.63, 3.8) is 0 Å². The number of esters is 1. The molecule has 1 aromatic carbocycles. The van der Waals surface area contributed by atoms with Gasteiger partial charge in [0.05, 0.1) is 25.5 Å². The van der Waals surface area contributed by atoms with Crippen LogP contribution in [0.3, 0.4) is 0 Å². The fraction of sp³-hybridized carbons (Fsp3) is 0.500. The van der Waals surface area contributed by atoms with E-state index in [4.69, 9.17) is 14.2 Å². The molecule has 0 radical (unpaired) electrons. The summed E-state index contributed by atoms with van der Waals surface area (Å²) in [6.45, 7) is 5.90. The first-order valence-electron chi connectivity index (χ1n) is 9.01. The van der Waals surface area contributed by atoms with Gasteiger partial charge in [-0.2, -0.15) is 0 Å². The summed E-state index contributed by atoms with van der Waals surface area (Å²) < 4.78 is 16.4. The van der Waals surface area contributed by atoms with Gasteiger partial charge < -0.3 is 19.1 Å². The van der Waals surface area contributed by atoms with Crippen molar-refractivity contribution >= 4 is 22.6 Å². The van der Waals surface area contributed by atoms with Crippen molar-refractivity contribution in [3.05, 3.63) is 30.0 Å². The minimum absolute atomic E-state index is 0.118. The van der Waals surface area contributed by atoms with E-state index >= 15 is 0 Å². The maximum atomic E-state index is 12.6. The molecule has 0 bridgehead atoms. The molecule has 0 N–H and O–H groups in total. The molecule has 0 spiro atoms. The summed E-state index contributed by atoms with van der Waals surface area (Å²) in [5, 5.41) is 0.888. The summed E-state index contributed by atoms with van der Waals surface area (Å²) in [5.41, 5.74) is 2.07. The summed E-state index contributed by atoms with van der Waals surface area (Å²) in [6.07, 6.45) is 2.71. The quantitative estimate of drug-likeness (QED) is 0.765. The largest absolute Gasteiger partial charge is 0.494 e. The minimum Gasteiger partial charge on any atom is -0.494 e. The van der Waals surface area contributed by atoms with Crippen molar-refractivity contribution in [2.45, 2.75) is 26.4 Å². The Labute approximate surface area is 154 Å². The van der Waals surface area contributed by atoms with E-state index in [1.807, 2.05) is 18.2 Å². The van der Waals surface area contributed by atoms with E-state index in [-0.39, 0.29) is 12.1 Å². The molecule has 1 fully saturated rings. The number of benzene rings is 1. The fourth-order valence-electron chi connectivity index (χ4n) is 3.59. The Balaban J connectivity index is 2.15. The third kappa shape index (κ3) is 3.33. The molecular weight excluding hydrogens is 332 g/mol. The second kappa shape index (κ2) is 7.91. The first-order chi connectivity index (χ1) is 12.6. The molecule has 1 aliphatic rings. The highest BCUT2D eigenvalue weighted by molar-refractivity contribution is 6.06. The Morgan fingerprint density at radius 1 is 1.35 bits per heavy atom.